The second kappa shape index (κ2) is 7.52. The standard InChI is InChI=1S/C14H18N2O3/c1-3-19-14(18)10(2)16-9-13(17)12-6-4-11(8-15)5-7-12/h4-7,10,13,16-17H,3,9H2,1-2H3. The van der Waals surface area contributed by atoms with Crippen molar-refractivity contribution in [1.29, 1.82) is 5.26 Å². The first-order valence-corrected chi connectivity index (χ1v) is 6.16. The van der Waals surface area contributed by atoms with Gasteiger partial charge in [0.1, 0.15) is 6.04 Å². The third-order valence-electron chi connectivity index (χ3n) is 2.68. The van der Waals surface area contributed by atoms with Gasteiger partial charge in [-0.2, -0.15) is 5.26 Å². The molecule has 1 rings (SSSR count). The molecule has 0 heterocycles. The minimum Gasteiger partial charge on any atom is -0.465 e. The van der Waals surface area contributed by atoms with E-state index < -0.39 is 12.1 Å². The lowest BCUT2D eigenvalue weighted by molar-refractivity contribution is -0.145. The quantitative estimate of drug-likeness (QED) is 0.751. The molecule has 0 saturated heterocycles. The Kier molecular flexibility index (Phi) is 6.00. The maximum absolute atomic E-state index is 11.4. The van der Waals surface area contributed by atoms with E-state index >= 15 is 0 Å². The van der Waals surface area contributed by atoms with Crippen molar-refractivity contribution < 1.29 is 14.6 Å². The Morgan fingerprint density at radius 3 is 2.63 bits per heavy atom. The van der Waals surface area contributed by atoms with Crippen molar-refractivity contribution in [2.45, 2.75) is 26.0 Å². The molecule has 5 heteroatoms. The summed E-state index contributed by atoms with van der Waals surface area (Å²) in [5, 5.41) is 21.5. The van der Waals surface area contributed by atoms with Gasteiger partial charge in [0.2, 0.25) is 0 Å². The van der Waals surface area contributed by atoms with Crippen molar-refractivity contribution in [2.24, 2.45) is 0 Å². The van der Waals surface area contributed by atoms with E-state index in [1.807, 2.05) is 6.07 Å². The van der Waals surface area contributed by atoms with Gasteiger partial charge in [0, 0.05) is 6.54 Å². The zero-order valence-electron chi connectivity index (χ0n) is 11.1. The number of esters is 1. The predicted octanol–water partition coefficient (Wildman–Crippen LogP) is 1.13. The third kappa shape index (κ3) is 4.70. The topological polar surface area (TPSA) is 82.3 Å². The van der Waals surface area contributed by atoms with Crippen LogP contribution in [0.5, 0.6) is 0 Å². The highest BCUT2D eigenvalue weighted by molar-refractivity contribution is 5.75. The molecule has 0 radical (unpaired) electrons. The van der Waals surface area contributed by atoms with Crippen molar-refractivity contribution in [1.82, 2.24) is 5.32 Å². The van der Waals surface area contributed by atoms with E-state index in [9.17, 15) is 9.90 Å². The number of carbonyl (C=O) groups is 1. The number of aliphatic hydroxyl groups is 1. The summed E-state index contributed by atoms with van der Waals surface area (Å²) < 4.78 is 4.85. The Labute approximate surface area is 112 Å². The Bertz CT molecular complexity index is 451. The molecule has 0 aromatic heterocycles. The zero-order chi connectivity index (χ0) is 14.3. The first-order valence-electron chi connectivity index (χ1n) is 6.16. The summed E-state index contributed by atoms with van der Waals surface area (Å²) in [4.78, 5) is 11.4. The van der Waals surface area contributed by atoms with Crippen molar-refractivity contribution in [3.63, 3.8) is 0 Å². The molecule has 19 heavy (non-hydrogen) atoms. The van der Waals surface area contributed by atoms with E-state index in [4.69, 9.17) is 10.00 Å². The van der Waals surface area contributed by atoms with Crippen LogP contribution in [0.3, 0.4) is 0 Å². The van der Waals surface area contributed by atoms with Crippen LogP contribution in [0.4, 0.5) is 0 Å². The van der Waals surface area contributed by atoms with E-state index in [0.717, 1.165) is 0 Å². The lowest BCUT2D eigenvalue weighted by Crippen LogP contribution is -2.37. The SMILES string of the molecule is CCOC(=O)C(C)NCC(O)c1ccc(C#N)cc1. The van der Waals surface area contributed by atoms with Gasteiger partial charge < -0.3 is 15.2 Å². The molecule has 0 bridgehead atoms. The fourth-order valence-corrected chi connectivity index (χ4v) is 1.54. The molecule has 0 spiro atoms. The molecule has 0 amide bonds. The molecule has 1 aromatic carbocycles. The Balaban J connectivity index is 2.48. The molecule has 0 aliphatic carbocycles. The van der Waals surface area contributed by atoms with Crippen LogP contribution in [-0.4, -0.2) is 30.3 Å². The summed E-state index contributed by atoms with van der Waals surface area (Å²) in [6, 6.07) is 8.23. The minimum absolute atomic E-state index is 0.242. The highest BCUT2D eigenvalue weighted by atomic mass is 16.5. The van der Waals surface area contributed by atoms with Gasteiger partial charge in [0.15, 0.2) is 0 Å². The van der Waals surface area contributed by atoms with E-state index in [2.05, 4.69) is 5.32 Å². The number of ether oxygens (including phenoxy) is 1. The van der Waals surface area contributed by atoms with Gasteiger partial charge in [-0.05, 0) is 31.5 Å². The number of carbonyl (C=O) groups excluding carboxylic acids is 1. The van der Waals surface area contributed by atoms with Crippen LogP contribution in [0, 0.1) is 11.3 Å². The summed E-state index contributed by atoms with van der Waals surface area (Å²) in [6.45, 7) is 4.01. The number of benzene rings is 1. The number of hydrogen-bond acceptors (Lipinski definition) is 5. The molecule has 102 valence electrons. The van der Waals surface area contributed by atoms with Crippen LogP contribution >= 0.6 is 0 Å². The van der Waals surface area contributed by atoms with E-state index in [1.54, 1.807) is 38.1 Å². The molecular weight excluding hydrogens is 244 g/mol. The van der Waals surface area contributed by atoms with Gasteiger partial charge in [-0.15, -0.1) is 0 Å². The molecule has 2 N–H and O–H groups in total. The van der Waals surface area contributed by atoms with E-state index in [-0.39, 0.29) is 12.5 Å². The molecule has 5 nitrogen and oxygen atoms in total. The number of aliphatic hydroxyl groups excluding tert-OH is 1. The number of hydrogen-bond donors (Lipinski definition) is 2. The summed E-state index contributed by atoms with van der Waals surface area (Å²) in [5.74, 6) is -0.338. The monoisotopic (exact) mass is 262 g/mol. The van der Waals surface area contributed by atoms with Gasteiger partial charge in [-0.25, -0.2) is 0 Å². The number of nitrogens with one attached hydrogen (secondary N) is 1. The first kappa shape index (κ1) is 15.2. The minimum atomic E-state index is -0.732. The van der Waals surface area contributed by atoms with Crippen LogP contribution in [-0.2, 0) is 9.53 Å². The van der Waals surface area contributed by atoms with Crippen LogP contribution in [0.1, 0.15) is 31.1 Å². The average Bonchev–Trinajstić information content (AvgIpc) is 2.44. The number of nitrogens with zero attached hydrogens (tertiary/aromatic N) is 1. The van der Waals surface area contributed by atoms with E-state index in [1.165, 1.54) is 0 Å². The summed E-state index contributed by atoms with van der Waals surface area (Å²) >= 11 is 0. The molecule has 0 aliphatic rings. The Hall–Kier alpha value is -1.90. The molecule has 2 unspecified atom stereocenters. The molecule has 2 atom stereocenters. The van der Waals surface area contributed by atoms with Crippen molar-refractivity contribution in [2.75, 3.05) is 13.2 Å². The van der Waals surface area contributed by atoms with Gasteiger partial charge in [0.25, 0.3) is 0 Å². The van der Waals surface area contributed by atoms with Crippen molar-refractivity contribution in [3.8, 4) is 6.07 Å². The van der Waals surface area contributed by atoms with Gasteiger partial charge in [-0.1, -0.05) is 12.1 Å². The smallest absolute Gasteiger partial charge is 0.322 e. The Morgan fingerprint density at radius 1 is 1.47 bits per heavy atom. The van der Waals surface area contributed by atoms with E-state index in [0.29, 0.717) is 17.7 Å². The lowest BCUT2D eigenvalue weighted by atomic mass is 10.1. The fourth-order valence-electron chi connectivity index (χ4n) is 1.54. The van der Waals surface area contributed by atoms with Crippen LogP contribution in [0.15, 0.2) is 24.3 Å². The van der Waals surface area contributed by atoms with Crippen molar-refractivity contribution in [3.05, 3.63) is 35.4 Å². The first-order chi connectivity index (χ1) is 9.08. The summed E-state index contributed by atoms with van der Waals surface area (Å²) in [6.07, 6.45) is -0.732. The van der Waals surface area contributed by atoms with Crippen LogP contribution < -0.4 is 5.32 Å². The maximum Gasteiger partial charge on any atom is 0.322 e. The second-order valence-electron chi connectivity index (χ2n) is 4.13. The van der Waals surface area contributed by atoms with Crippen LogP contribution in [0.25, 0.3) is 0 Å². The number of rotatable bonds is 6. The van der Waals surface area contributed by atoms with Gasteiger partial charge >= 0.3 is 5.97 Å². The third-order valence-corrected chi connectivity index (χ3v) is 2.68. The molecule has 1 aromatic rings. The van der Waals surface area contributed by atoms with Gasteiger partial charge in [0.05, 0.1) is 24.3 Å². The highest BCUT2D eigenvalue weighted by Gasteiger charge is 2.15. The largest absolute Gasteiger partial charge is 0.465 e. The lowest BCUT2D eigenvalue weighted by Gasteiger charge is -2.16. The summed E-state index contributed by atoms with van der Waals surface area (Å²) in [5.41, 5.74) is 1.24. The van der Waals surface area contributed by atoms with Crippen LogP contribution in [0.2, 0.25) is 0 Å². The molecular formula is C14H18N2O3. The van der Waals surface area contributed by atoms with Crippen molar-refractivity contribution >= 4 is 5.97 Å². The zero-order valence-corrected chi connectivity index (χ0v) is 11.1. The summed E-state index contributed by atoms with van der Waals surface area (Å²) in [7, 11) is 0. The predicted molar refractivity (Wildman–Crippen MR) is 70.2 cm³/mol. The maximum atomic E-state index is 11.4. The number of nitriles is 1. The fraction of sp³-hybridized carbons (Fsp3) is 0.429. The second-order valence-corrected chi connectivity index (χ2v) is 4.13. The highest BCUT2D eigenvalue weighted by Crippen LogP contribution is 2.12. The average molecular weight is 262 g/mol. The Morgan fingerprint density at radius 2 is 2.11 bits per heavy atom. The van der Waals surface area contributed by atoms with Gasteiger partial charge in [-0.3, -0.25) is 4.79 Å². The molecule has 0 fully saturated rings. The normalized spacial score (nSPS) is 13.4. The molecule has 0 saturated carbocycles. The molecule has 0 aliphatic heterocycles.